The number of thioether (sulfide) groups is 1. The van der Waals surface area contributed by atoms with Crippen molar-refractivity contribution in [3.63, 3.8) is 0 Å². The van der Waals surface area contributed by atoms with Crippen LogP contribution in [0.1, 0.15) is 17.9 Å². The number of carbonyl (C=O) groups is 1. The first-order valence-electron chi connectivity index (χ1n) is 4.10. The molecule has 0 atom stereocenters. The second-order valence-corrected chi connectivity index (χ2v) is 3.89. The minimum Gasteiger partial charge on any atom is -0.466 e. The monoisotopic (exact) mass is 199 g/mol. The van der Waals surface area contributed by atoms with Crippen molar-refractivity contribution in [3.05, 3.63) is 23.7 Å². The Morgan fingerprint density at radius 2 is 2.38 bits per heavy atom. The van der Waals surface area contributed by atoms with Gasteiger partial charge in [-0.25, -0.2) is 0 Å². The molecule has 1 aromatic heterocycles. The van der Waals surface area contributed by atoms with Gasteiger partial charge in [0.25, 0.3) is 0 Å². The molecule has 0 spiro atoms. The topological polar surface area (TPSA) is 56.2 Å². The van der Waals surface area contributed by atoms with Crippen molar-refractivity contribution in [1.82, 2.24) is 0 Å². The van der Waals surface area contributed by atoms with Crippen LogP contribution in [0.2, 0.25) is 0 Å². The molecule has 1 heterocycles. The van der Waals surface area contributed by atoms with Gasteiger partial charge in [-0.3, -0.25) is 4.79 Å². The zero-order chi connectivity index (χ0) is 9.68. The van der Waals surface area contributed by atoms with Gasteiger partial charge in [0.15, 0.2) is 0 Å². The number of furan rings is 1. The summed E-state index contributed by atoms with van der Waals surface area (Å²) < 4.78 is 5.35. The third-order valence-corrected chi connectivity index (χ3v) is 2.51. The van der Waals surface area contributed by atoms with Gasteiger partial charge in [0, 0.05) is 12.2 Å². The quantitative estimate of drug-likeness (QED) is 0.734. The maximum atomic E-state index is 10.4. The number of nitrogens with two attached hydrogens (primary N) is 1. The number of hydrogen-bond donors (Lipinski definition) is 1. The standard InChI is InChI=1S/C9H13NO2S/c1-7-2-3-8(12-7)6-13-5-4-9(10)11/h2-3H,4-6H2,1H3,(H2,10,11). The van der Waals surface area contributed by atoms with Crippen molar-refractivity contribution in [2.45, 2.75) is 19.1 Å². The molecular weight excluding hydrogens is 186 g/mol. The molecule has 1 rings (SSSR count). The van der Waals surface area contributed by atoms with Crippen LogP contribution in [0.25, 0.3) is 0 Å². The van der Waals surface area contributed by atoms with Gasteiger partial charge in [-0.05, 0) is 19.1 Å². The lowest BCUT2D eigenvalue weighted by atomic mass is 10.5. The average molecular weight is 199 g/mol. The summed E-state index contributed by atoms with van der Waals surface area (Å²) in [7, 11) is 0. The Labute approximate surface area is 81.7 Å². The van der Waals surface area contributed by atoms with Gasteiger partial charge < -0.3 is 10.2 Å². The number of primary amides is 1. The highest BCUT2D eigenvalue weighted by atomic mass is 32.2. The van der Waals surface area contributed by atoms with E-state index in [4.69, 9.17) is 10.2 Å². The Morgan fingerprint density at radius 3 is 2.92 bits per heavy atom. The van der Waals surface area contributed by atoms with E-state index in [9.17, 15) is 4.79 Å². The molecule has 1 amide bonds. The first-order valence-corrected chi connectivity index (χ1v) is 5.25. The summed E-state index contributed by atoms with van der Waals surface area (Å²) in [6, 6.07) is 3.89. The van der Waals surface area contributed by atoms with E-state index in [-0.39, 0.29) is 5.91 Å². The van der Waals surface area contributed by atoms with Crippen molar-refractivity contribution >= 4 is 17.7 Å². The molecule has 0 saturated carbocycles. The maximum absolute atomic E-state index is 10.4. The third-order valence-electron chi connectivity index (χ3n) is 1.53. The molecular formula is C9H13NO2S. The molecule has 2 N–H and O–H groups in total. The van der Waals surface area contributed by atoms with Crippen molar-refractivity contribution < 1.29 is 9.21 Å². The van der Waals surface area contributed by atoms with Gasteiger partial charge in [-0.1, -0.05) is 0 Å². The number of hydrogen-bond acceptors (Lipinski definition) is 3. The number of rotatable bonds is 5. The summed E-state index contributed by atoms with van der Waals surface area (Å²) in [5.74, 6) is 3.19. The van der Waals surface area contributed by atoms with Gasteiger partial charge >= 0.3 is 0 Å². The number of carbonyl (C=O) groups excluding carboxylic acids is 1. The lowest BCUT2D eigenvalue weighted by molar-refractivity contribution is -0.117. The molecule has 0 saturated heterocycles. The van der Waals surface area contributed by atoms with E-state index < -0.39 is 0 Å². The second-order valence-electron chi connectivity index (χ2n) is 2.78. The van der Waals surface area contributed by atoms with Gasteiger partial charge in [0.1, 0.15) is 11.5 Å². The van der Waals surface area contributed by atoms with Gasteiger partial charge in [0.05, 0.1) is 5.75 Å². The molecule has 4 heteroatoms. The normalized spacial score (nSPS) is 10.2. The third kappa shape index (κ3) is 4.03. The van der Waals surface area contributed by atoms with Crippen LogP contribution >= 0.6 is 11.8 Å². The van der Waals surface area contributed by atoms with Gasteiger partial charge in [-0.2, -0.15) is 11.8 Å². The van der Waals surface area contributed by atoms with E-state index in [1.54, 1.807) is 11.8 Å². The van der Waals surface area contributed by atoms with E-state index in [1.807, 2.05) is 19.1 Å². The van der Waals surface area contributed by atoms with Crippen molar-refractivity contribution in [3.8, 4) is 0 Å². The van der Waals surface area contributed by atoms with Crippen LogP contribution < -0.4 is 5.73 Å². The molecule has 0 fully saturated rings. The summed E-state index contributed by atoms with van der Waals surface area (Å²) >= 11 is 1.65. The van der Waals surface area contributed by atoms with E-state index in [2.05, 4.69) is 0 Å². The fraction of sp³-hybridized carbons (Fsp3) is 0.444. The molecule has 13 heavy (non-hydrogen) atoms. The van der Waals surface area contributed by atoms with Crippen LogP contribution in [-0.2, 0) is 10.5 Å². The molecule has 3 nitrogen and oxygen atoms in total. The Bertz CT molecular complexity index is 283. The van der Waals surface area contributed by atoms with Crippen molar-refractivity contribution in [1.29, 1.82) is 0 Å². The minimum absolute atomic E-state index is 0.247. The Balaban J connectivity index is 2.16. The summed E-state index contributed by atoms with van der Waals surface area (Å²) in [4.78, 5) is 10.4. The molecule has 72 valence electrons. The molecule has 1 aromatic rings. The Kier molecular flexibility index (Phi) is 3.89. The predicted molar refractivity (Wildman–Crippen MR) is 53.4 cm³/mol. The van der Waals surface area contributed by atoms with Crippen LogP contribution in [0.15, 0.2) is 16.5 Å². The Hall–Kier alpha value is -0.900. The van der Waals surface area contributed by atoms with Crippen LogP contribution in [0.5, 0.6) is 0 Å². The van der Waals surface area contributed by atoms with Gasteiger partial charge in [0.2, 0.25) is 5.91 Å². The van der Waals surface area contributed by atoms with Crippen LogP contribution in [0.3, 0.4) is 0 Å². The highest BCUT2D eigenvalue weighted by Crippen LogP contribution is 2.15. The minimum atomic E-state index is -0.247. The van der Waals surface area contributed by atoms with E-state index >= 15 is 0 Å². The molecule has 0 radical (unpaired) electrons. The Morgan fingerprint density at radius 1 is 1.62 bits per heavy atom. The summed E-state index contributed by atoms with van der Waals surface area (Å²) in [5.41, 5.74) is 5.00. The van der Waals surface area contributed by atoms with Crippen molar-refractivity contribution in [2.75, 3.05) is 5.75 Å². The number of aryl methyl sites for hydroxylation is 1. The molecule has 0 unspecified atom stereocenters. The van der Waals surface area contributed by atoms with Crippen LogP contribution in [-0.4, -0.2) is 11.7 Å². The molecule has 0 aliphatic rings. The van der Waals surface area contributed by atoms with E-state index in [1.165, 1.54) is 0 Å². The predicted octanol–water partition coefficient (Wildman–Crippen LogP) is 1.70. The number of amides is 1. The first kappa shape index (κ1) is 10.2. The molecule has 0 bridgehead atoms. The summed E-state index contributed by atoms with van der Waals surface area (Å²) in [5, 5.41) is 0. The first-order chi connectivity index (χ1) is 6.18. The lowest BCUT2D eigenvalue weighted by Gasteiger charge is -1.96. The SMILES string of the molecule is Cc1ccc(CSCCC(N)=O)o1. The average Bonchev–Trinajstić information content (AvgIpc) is 2.45. The zero-order valence-electron chi connectivity index (χ0n) is 7.58. The molecule has 0 aliphatic heterocycles. The fourth-order valence-corrected chi connectivity index (χ4v) is 1.75. The highest BCUT2D eigenvalue weighted by Gasteiger charge is 1.99. The zero-order valence-corrected chi connectivity index (χ0v) is 8.39. The summed E-state index contributed by atoms with van der Waals surface area (Å²) in [6.07, 6.45) is 0.435. The van der Waals surface area contributed by atoms with E-state index in [0.29, 0.717) is 6.42 Å². The maximum Gasteiger partial charge on any atom is 0.218 e. The van der Waals surface area contributed by atoms with Gasteiger partial charge in [-0.15, -0.1) is 0 Å². The molecule has 0 aromatic carbocycles. The lowest BCUT2D eigenvalue weighted by Crippen LogP contribution is -2.10. The largest absolute Gasteiger partial charge is 0.466 e. The van der Waals surface area contributed by atoms with Crippen molar-refractivity contribution in [2.24, 2.45) is 5.73 Å². The summed E-state index contributed by atoms with van der Waals surface area (Å²) in [6.45, 7) is 1.91. The molecule has 0 aliphatic carbocycles. The van der Waals surface area contributed by atoms with Crippen LogP contribution in [0.4, 0.5) is 0 Å². The highest BCUT2D eigenvalue weighted by molar-refractivity contribution is 7.98. The fourth-order valence-electron chi connectivity index (χ4n) is 0.908. The smallest absolute Gasteiger partial charge is 0.218 e. The van der Waals surface area contributed by atoms with E-state index in [0.717, 1.165) is 23.0 Å². The second kappa shape index (κ2) is 4.97. The van der Waals surface area contributed by atoms with Crippen LogP contribution in [0, 0.1) is 6.92 Å².